The number of aromatic nitrogens is 1. The highest BCUT2D eigenvalue weighted by molar-refractivity contribution is 5.84. The molecule has 2 N–H and O–H groups in total. The lowest BCUT2D eigenvalue weighted by Crippen LogP contribution is -2.00. The van der Waals surface area contributed by atoms with Gasteiger partial charge in [-0.1, -0.05) is 31.9 Å². The van der Waals surface area contributed by atoms with Crippen LogP contribution in [-0.4, -0.2) is 4.98 Å². The minimum atomic E-state index is 0.637. The van der Waals surface area contributed by atoms with Crippen molar-refractivity contribution in [3.05, 3.63) is 35.4 Å². The lowest BCUT2D eigenvalue weighted by atomic mass is 9.99. The number of nitrogens with two attached hydrogens (primary N) is 1. The maximum Gasteiger partial charge on any atom is 0.127 e. The van der Waals surface area contributed by atoms with Crippen LogP contribution < -0.4 is 5.73 Å². The molecule has 0 saturated carbocycles. The van der Waals surface area contributed by atoms with Gasteiger partial charge in [0.05, 0.1) is 11.6 Å². The van der Waals surface area contributed by atoms with E-state index in [1.54, 1.807) is 0 Å². The summed E-state index contributed by atoms with van der Waals surface area (Å²) in [6, 6.07) is 10.7. The maximum atomic E-state index is 8.63. The molecule has 116 valence electrons. The number of nitriles is 1. The molecule has 22 heavy (non-hydrogen) atoms. The summed E-state index contributed by atoms with van der Waals surface area (Å²) in [6.07, 6.45) is 8.25. The van der Waals surface area contributed by atoms with Gasteiger partial charge in [0.2, 0.25) is 0 Å². The Balaban J connectivity index is 2.21. The highest BCUT2D eigenvalue weighted by Crippen LogP contribution is 2.24. The number of rotatable bonds is 8. The molecule has 0 bridgehead atoms. The minimum Gasteiger partial charge on any atom is -0.383 e. The average Bonchev–Trinajstić information content (AvgIpc) is 2.52. The molecule has 2 aromatic rings. The molecule has 0 amide bonds. The molecule has 0 aliphatic heterocycles. The van der Waals surface area contributed by atoms with Gasteiger partial charge < -0.3 is 5.73 Å². The van der Waals surface area contributed by atoms with Crippen LogP contribution in [0.3, 0.4) is 0 Å². The van der Waals surface area contributed by atoms with Crippen LogP contribution in [0.2, 0.25) is 0 Å². The van der Waals surface area contributed by atoms with Gasteiger partial charge in [-0.3, -0.25) is 0 Å². The molecule has 0 radical (unpaired) electrons. The van der Waals surface area contributed by atoms with Gasteiger partial charge in [-0.05, 0) is 55.4 Å². The van der Waals surface area contributed by atoms with Gasteiger partial charge in [0, 0.05) is 11.8 Å². The van der Waals surface area contributed by atoms with Gasteiger partial charge in [-0.25, -0.2) is 4.98 Å². The number of fused-ring (bicyclic) bond motifs is 1. The average molecular weight is 295 g/mol. The molecular formula is C19H25N3. The second-order valence-corrected chi connectivity index (χ2v) is 5.84. The lowest BCUT2D eigenvalue weighted by Gasteiger charge is -2.10. The zero-order valence-electron chi connectivity index (χ0n) is 13.4. The van der Waals surface area contributed by atoms with Crippen LogP contribution in [0.4, 0.5) is 5.82 Å². The Kier molecular flexibility index (Phi) is 6.21. The summed E-state index contributed by atoms with van der Waals surface area (Å²) in [7, 11) is 0. The third-order valence-electron chi connectivity index (χ3n) is 4.10. The summed E-state index contributed by atoms with van der Waals surface area (Å²) < 4.78 is 0. The Labute approximate surface area is 133 Å². The van der Waals surface area contributed by atoms with E-state index in [1.807, 2.05) is 12.1 Å². The van der Waals surface area contributed by atoms with E-state index in [1.165, 1.54) is 29.4 Å². The number of anilines is 1. The molecule has 0 fully saturated rings. The fourth-order valence-electron chi connectivity index (χ4n) is 2.82. The zero-order chi connectivity index (χ0) is 15.8. The van der Waals surface area contributed by atoms with Crippen molar-refractivity contribution >= 4 is 16.7 Å². The summed E-state index contributed by atoms with van der Waals surface area (Å²) >= 11 is 0. The molecule has 1 aromatic carbocycles. The summed E-state index contributed by atoms with van der Waals surface area (Å²) in [4.78, 5) is 4.58. The van der Waals surface area contributed by atoms with Crippen molar-refractivity contribution in [2.24, 2.45) is 0 Å². The predicted molar refractivity (Wildman–Crippen MR) is 92.6 cm³/mol. The number of benzene rings is 1. The Morgan fingerprint density at radius 3 is 2.64 bits per heavy atom. The van der Waals surface area contributed by atoms with E-state index in [4.69, 9.17) is 11.0 Å². The van der Waals surface area contributed by atoms with Gasteiger partial charge in [0.25, 0.3) is 0 Å². The van der Waals surface area contributed by atoms with E-state index >= 15 is 0 Å². The molecular weight excluding hydrogens is 270 g/mol. The number of hydrogen-bond acceptors (Lipinski definition) is 3. The number of nitrogen functional groups attached to an aromatic ring is 1. The van der Waals surface area contributed by atoms with Crippen LogP contribution in [0.15, 0.2) is 24.3 Å². The van der Waals surface area contributed by atoms with Crippen LogP contribution >= 0.6 is 0 Å². The Hall–Kier alpha value is -2.08. The van der Waals surface area contributed by atoms with E-state index in [9.17, 15) is 0 Å². The van der Waals surface area contributed by atoms with Crippen molar-refractivity contribution in [2.75, 3.05) is 5.73 Å². The first-order chi connectivity index (χ1) is 10.8. The molecule has 1 heterocycles. The second kappa shape index (κ2) is 8.38. The number of aryl methyl sites for hydroxylation is 2. The summed E-state index contributed by atoms with van der Waals surface area (Å²) in [5, 5.41) is 9.85. The quantitative estimate of drug-likeness (QED) is 0.712. The third-order valence-corrected chi connectivity index (χ3v) is 4.10. The molecule has 3 heteroatoms. The third kappa shape index (κ3) is 4.21. The molecule has 0 unspecified atom stereocenters. The number of nitrogens with zero attached hydrogens (tertiary/aromatic N) is 2. The highest BCUT2D eigenvalue weighted by atomic mass is 14.8. The summed E-state index contributed by atoms with van der Waals surface area (Å²) in [5.74, 6) is 0.672. The molecule has 1 aromatic heterocycles. The van der Waals surface area contributed by atoms with E-state index in [-0.39, 0.29) is 0 Å². The van der Waals surface area contributed by atoms with E-state index < -0.39 is 0 Å². The van der Waals surface area contributed by atoms with Crippen molar-refractivity contribution in [1.29, 1.82) is 5.26 Å². The van der Waals surface area contributed by atoms with Crippen molar-refractivity contribution in [2.45, 2.75) is 58.3 Å². The number of pyridine rings is 1. The van der Waals surface area contributed by atoms with Gasteiger partial charge >= 0.3 is 0 Å². The lowest BCUT2D eigenvalue weighted by molar-refractivity contribution is 0.717. The molecule has 0 saturated heterocycles. The highest BCUT2D eigenvalue weighted by Gasteiger charge is 2.07. The first-order valence-electron chi connectivity index (χ1n) is 8.30. The topological polar surface area (TPSA) is 62.7 Å². The zero-order valence-corrected chi connectivity index (χ0v) is 13.4. The van der Waals surface area contributed by atoms with Gasteiger partial charge in [0.1, 0.15) is 5.82 Å². The van der Waals surface area contributed by atoms with E-state index in [0.717, 1.165) is 37.6 Å². The second-order valence-electron chi connectivity index (χ2n) is 5.84. The monoisotopic (exact) mass is 295 g/mol. The molecule has 0 aliphatic rings. The van der Waals surface area contributed by atoms with Crippen molar-refractivity contribution in [3.63, 3.8) is 0 Å². The normalized spacial score (nSPS) is 10.7. The van der Waals surface area contributed by atoms with Crippen LogP contribution in [-0.2, 0) is 12.8 Å². The Bertz CT molecular complexity index is 656. The van der Waals surface area contributed by atoms with Crippen LogP contribution in [0.5, 0.6) is 0 Å². The fraction of sp³-hybridized carbons (Fsp3) is 0.474. The molecule has 0 atom stereocenters. The standard InChI is InChI=1S/C19H25N3/c1-2-3-5-10-16-14-17-15(9-6-4-7-13-20)11-8-12-18(17)22-19(16)21/h8,11-12,14H,2-7,9-10H2,1H3,(H2,21,22). The molecule has 0 spiro atoms. The van der Waals surface area contributed by atoms with Gasteiger partial charge in [-0.2, -0.15) is 5.26 Å². The summed E-state index contributed by atoms with van der Waals surface area (Å²) in [5.41, 5.74) is 9.58. The van der Waals surface area contributed by atoms with E-state index in [0.29, 0.717) is 12.2 Å². The molecule has 0 aliphatic carbocycles. The molecule has 3 nitrogen and oxygen atoms in total. The van der Waals surface area contributed by atoms with Crippen molar-refractivity contribution < 1.29 is 0 Å². The van der Waals surface area contributed by atoms with Crippen LogP contribution in [0.25, 0.3) is 10.9 Å². The van der Waals surface area contributed by atoms with Gasteiger partial charge in [-0.15, -0.1) is 0 Å². The number of hydrogen-bond donors (Lipinski definition) is 1. The Morgan fingerprint density at radius 1 is 1.09 bits per heavy atom. The van der Waals surface area contributed by atoms with Crippen molar-refractivity contribution in [3.8, 4) is 6.07 Å². The van der Waals surface area contributed by atoms with Crippen LogP contribution in [0, 0.1) is 11.3 Å². The molecule has 2 rings (SSSR count). The van der Waals surface area contributed by atoms with Crippen LogP contribution in [0.1, 0.15) is 56.6 Å². The largest absolute Gasteiger partial charge is 0.383 e. The fourth-order valence-corrected chi connectivity index (χ4v) is 2.82. The minimum absolute atomic E-state index is 0.637. The van der Waals surface area contributed by atoms with E-state index in [2.05, 4.69) is 30.1 Å². The summed E-state index contributed by atoms with van der Waals surface area (Å²) in [6.45, 7) is 2.21. The SMILES string of the molecule is CCCCCc1cc2c(CCCCC#N)cccc2nc1N. The predicted octanol–water partition coefficient (Wildman–Crippen LogP) is 4.79. The number of unbranched alkanes of at least 4 members (excludes halogenated alkanes) is 4. The van der Waals surface area contributed by atoms with Gasteiger partial charge in [0.15, 0.2) is 0 Å². The first-order valence-corrected chi connectivity index (χ1v) is 8.30. The smallest absolute Gasteiger partial charge is 0.127 e. The first kappa shape index (κ1) is 16.3. The maximum absolute atomic E-state index is 8.63. The Morgan fingerprint density at radius 2 is 1.86 bits per heavy atom. The van der Waals surface area contributed by atoms with Crippen molar-refractivity contribution in [1.82, 2.24) is 4.98 Å².